The van der Waals surface area contributed by atoms with Crippen molar-refractivity contribution >= 4 is 17.0 Å². The zero-order valence-corrected chi connectivity index (χ0v) is 5.22. The van der Waals surface area contributed by atoms with E-state index < -0.39 is 28.8 Å². The quantitative estimate of drug-likeness (QED) is 0.431. The summed E-state index contributed by atoms with van der Waals surface area (Å²) in [6.07, 6.45) is 0. The molecule has 0 saturated heterocycles. The topological polar surface area (TPSA) is 106 Å². The van der Waals surface area contributed by atoms with Crippen molar-refractivity contribution in [2.75, 3.05) is 5.75 Å². The summed E-state index contributed by atoms with van der Waals surface area (Å²) >= 11 is -2.41. The van der Waals surface area contributed by atoms with Gasteiger partial charge in [0.1, 0.15) is 0 Å². The van der Waals surface area contributed by atoms with Crippen molar-refractivity contribution in [1.29, 1.82) is 0 Å². The highest BCUT2D eigenvalue weighted by Crippen LogP contribution is 1.78. The third-order valence-electron chi connectivity index (χ3n) is 0.618. The van der Waals surface area contributed by atoms with E-state index >= 15 is 0 Å². The van der Waals surface area contributed by atoms with E-state index in [2.05, 4.69) is 0 Å². The number of carboxylic acid groups (broad SMARTS) is 1. The maximum absolute atomic E-state index is 9.74. The van der Waals surface area contributed by atoms with Crippen LogP contribution in [0.15, 0.2) is 0 Å². The van der Waals surface area contributed by atoms with Crippen LogP contribution in [0.5, 0.6) is 0 Å². The summed E-state index contributed by atoms with van der Waals surface area (Å²) in [5, 5.41) is 9.73. The zero-order chi connectivity index (χ0) is 7.44. The fourth-order valence-corrected chi connectivity index (χ4v) is 0.644. The van der Waals surface area contributed by atoms with Crippen molar-refractivity contribution in [2.24, 2.45) is 5.73 Å². The van der Waals surface area contributed by atoms with Gasteiger partial charge in [-0.1, -0.05) is 11.1 Å². The molecule has 5 nitrogen and oxygen atoms in total. The van der Waals surface area contributed by atoms with Crippen LogP contribution in [0.25, 0.3) is 0 Å². The van der Waals surface area contributed by atoms with Gasteiger partial charge in [-0.15, -0.1) is 0 Å². The van der Waals surface area contributed by atoms with Gasteiger partial charge in [0.2, 0.25) is 0 Å². The van der Waals surface area contributed by atoms with Crippen molar-refractivity contribution in [2.45, 2.75) is 6.04 Å². The molecule has 1 unspecified atom stereocenters. The Morgan fingerprint density at radius 1 is 1.78 bits per heavy atom. The Morgan fingerprint density at radius 2 is 2.22 bits per heavy atom. The largest absolute Gasteiger partial charge is 0.772 e. The molecule has 0 aromatic carbocycles. The highest BCUT2D eigenvalue weighted by molar-refractivity contribution is 7.79. The molecule has 0 bridgehead atoms. The Hall–Kier alpha value is -0.460. The lowest BCUT2D eigenvalue weighted by Gasteiger charge is -2.13. The summed E-state index contributed by atoms with van der Waals surface area (Å²) in [7, 11) is 0. The lowest BCUT2D eigenvalue weighted by Crippen LogP contribution is -2.45. The Bertz CT molecular complexity index is 136. The Kier molecular flexibility index (Phi) is 3.36. The molecule has 0 rings (SSSR count). The molecule has 0 aromatic heterocycles. The van der Waals surface area contributed by atoms with Gasteiger partial charge in [0.15, 0.2) is 0 Å². The van der Waals surface area contributed by atoms with Gasteiger partial charge < -0.3 is 20.2 Å². The van der Waals surface area contributed by atoms with Gasteiger partial charge in [-0.05, 0) is 0 Å². The number of carboxylic acids is 1. The first-order valence-electron chi connectivity index (χ1n) is 2.06. The van der Waals surface area contributed by atoms with Gasteiger partial charge in [0, 0.05) is 5.75 Å². The van der Waals surface area contributed by atoms with Crippen molar-refractivity contribution in [3.8, 4) is 0 Å². The predicted molar refractivity (Wildman–Crippen MR) is 26.8 cm³/mol. The first-order valence-corrected chi connectivity index (χ1v) is 3.30. The van der Waals surface area contributed by atoms with E-state index in [-0.39, 0.29) is 0 Å². The van der Waals surface area contributed by atoms with Crippen LogP contribution in [0.2, 0.25) is 0 Å². The van der Waals surface area contributed by atoms with Crippen LogP contribution in [-0.2, 0) is 15.9 Å². The van der Waals surface area contributed by atoms with Crippen LogP contribution in [0, 0.1) is 0 Å². The van der Waals surface area contributed by atoms with Crippen LogP contribution in [-0.4, -0.2) is 26.5 Å². The summed E-state index contributed by atoms with van der Waals surface area (Å²) < 4.78 is 19.5. The van der Waals surface area contributed by atoms with Crippen LogP contribution in [0.4, 0.5) is 0 Å². The SMILES string of the molecule is N[C@@H](CS(=O)[O-])C(=O)[O-]. The number of rotatable bonds is 3. The second kappa shape index (κ2) is 3.54. The molecular weight excluding hydrogens is 146 g/mol. The lowest BCUT2D eigenvalue weighted by molar-refractivity contribution is -0.306. The lowest BCUT2D eigenvalue weighted by atomic mass is 10.4. The normalized spacial score (nSPS) is 16.7. The average molecular weight is 151 g/mol. The maximum atomic E-state index is 9.74. The fourth-order valence-electron chi connectivity index (χ4n) is 0.215. The van der Waals surface area contributed by atoms with Crippen LogP contribution in [0.3, 0.4) is 0 Å². The molecule has 0 heterocycles. The molecule has 0 aliphatic heterocycles. The molecule has 9 heavy (non-hydrogen) atoms. The Morgan fingerprint density at radius 3 is 2.33 bits per heavy atom. The smallest absolute Gasteiger partial charge is 0.0591 e. The average Bonchev–Trinajstić information content (AvgIpc) is 1.63. The fraction of sp³-hybridized carbons (Fsp3) is 0.667. The van der Waals surface area contributed by atoms with Crippen LogP contribution < -0.4 is 10.8 Å². The Labute approximate surface area is 54.1 Å². The summed E-state index contributed by atoms with van der Waals surface area (Å²) in [5.41, 5.74) is 4.76. The molecular formula is C3H5NO4S-2. The molecule has 54 valence electrons. The molecule has 0 spiro atoms. The molecule has 0 fully saturated rings. The van der Waals surface area contributed by atoms with Crippen molar-refractivity contribution < 1.29 is 18.7 Å². The number of hydrogen-bond acceptors (Lipinski definition) is 5. The second-order valence-electron chi connectivity index (χ2n) is 1.40. The summed E-state index contributed by atoms with van der Waals surface area (Å²) in [6, 6.07) is -1.41. The van der Waals surface area contributed by atoms with E-state index in [1.165, 1.54) is 0 Å². The van der Waals surface area contributed by atoms with Gasteiger partial charge in [-0.25, -0.2) is 0 Å². The second-order valence-corrected chi connectivity index (χ2v) is 2.34. The molecule has 0 saturated carbocycles. The van der Waals surface area contributed by atoms with E-state index in [4.69, 9.17) is 5.73 Å². The van der Waals surface area contributed by atoms with E-state index in [1.807, 2.05) is 0 Å². The molecule has 0 radical (unpaired) electrons. The van der Waals surface area contributed by atoms with Crippen LogP contribution >= 0.6 is 0 Å². The maximum Gasteiger partial charge on any atom is 0.0591 e. The first-order chi connectivity index (χ1) is 4.04. The van der Waals surface area contributed by atoms with Gasteiger partial charge in [-0.3, -0.25) is 4.21 Å². The molecule has 0 amide bonds. The summed E-state index contributed by atoms with van der Waals surface area (Å²) in [6.45, 7) is 0. The number of carbonyl (C=O) groups is 1. The highest BCUT2D eigenvalue weighted by Gasteiger charge is 2.00. The number of hydrogen-bond donors (Lipinski definition) is 1. The third kappa shape index (κ3) is 4.07. The number of carbonyl (C=O) groups excluding carboxylic acids is 1. The molecule has 0 aliphatic rings. The van der Waals surface area contributed by atoms with E-state index in [0.717, 1.165) is 0 Å². The molecule has 0 aliphatic carbocycles. The van der Waals surface area contributed by atoms with Gasteiger partial charge in [0.05, 0.1) is 12.0 Å². The molecule has 2 N–H and O–H groups in total. The molecule has 6 heteroatoms. The summed E-state index contributed by atoms with van der Waals surface area (Å²) in [4.78, 5) is 9.73. The van der Waals surface area contributed by atoms with Crippen molar-refractivity contribution in [3.05, 3.63) is 0 Å². The van der Waals surface area contributed by atoms with Gasteiger partial charge >= 0.3 is 0 Å². The number of aliphatic carboxylic acids is 1. The minimum Gasteiger partial charge on any atom is -0.772 e. The predicted octanol–water partition coefficient (Wildman–Crippen LogP) is -3.06. The third-order valence-corrected chi connectivity index (χ3v) is 1.25. The molecule has 2 atom stereocenters. The molecule has 0 aromatic rings. The van der Waals surface area contributed by atoms with Gasteiger partial charge in [-0.2, -0.15) is 0 Å². The van der Waals surface area contributed by atoms with E-state index in [1.54, 1.807) is 0 Å². The van der Waals surface area contributed by atoms with E-state index in [9.17, 15) is 18.7 Å². The van der Waals surface area contributed by atoms with Crippen molar-refractivity contribution in [1.82, 2.24) is 0 Å². The zero-order valence-electron chi connectivity index (χ0n) is 4.40. The summed E-state index contributed by atoms with van der Waals surface area (Å²) in [5.74, 6) is -2.15. The van der Waals surface area contributed by atoms with Gasteiger partial charge in [0.25, 0.3) is 0 Å². The highest BCUT2D eigenvalue weighted by atomic mass is 32.2. The standard InChI is InChI=1S/C3H7NO4S/c4-2(3(5)6)1-9(7)8/h2H,1,4H2,(H,5,6)(H,7,8)/p-2/t2-/m0/s1. The number of nitrogens with two attached hydrogens (primary N) is 1. The first kappa shape index (κ1) is 8.54. The minimum absolute atomic E-state index is 0.595. The Balaban J connectivity index is 3.63. The van der Waals surface area contributed by atoms with Crippen molar-refractivity contribution in [3.63, 3.8) is 0 Å². The minimum atomic E-state index is -2.41. The van der Waals surface area contributed by atoms with E-state index in [0.29, 0.717) is 0 Å². The monoisotopic (exact) mass is 151 g/mol. The van der Waals surface area contributed by atoms with Crippen LogP contribution in [0.1, 0.15) is 0 Å².